The van der Waals surface area contributed by atoms with Crippen molar-refractivity contribution in [2.45, 2.75) is 6.92 Å². The maximum Gasteiger partial charge on any atom is 0.276 e. The highest BCUT2D eigenvalue weighted by atomic mass is 32.1. The molecule has 7 nitrogen and oxygen atoms in total. The van der Waals surface area contributed by atoms with Crippen molar-refractivity contribution >= 4 is 33.7 Å². The van der Waals surface area contributed by atoms with E-state index in [1.54, 1.807) is 44.8 Å². The van der Waals surface area contributed by atoms with Gasteiger partial charge in [-0.3, -0.25) is 4.79 Å². The second kappa shape index (κ2) is 7.25. The van der Waals surface area contributed by atoms with Gasteiger partial charge in [0.15, 0.2) is 17.3 Å². The van der Waals surface area contributed by atoms with Crippen molar-refractivity contribution in [1.29, 1.82) is 0 Å². The maximum absolute atomic E-state index is 13.0. The highest BCUT2D eigenvalue weighted by Gasteiger charge is 2.19. The molecule has 0 atom stereocenters. The molecular formula is C19H17N3O4S2. The number of hydrogen-bond acceptors (Lipinski definition) is 8. The average molecular weight is 415 g/mol. The molecule has 0 spiro atoms. The van der Waals surface area contributed by atoms with Crippen LogP contribution in [0.4, 0.5) is 0 Å². The first-order valence-corrected chi connectivity index (χ1v) is 10.0. The molecule has 28 heavy (non-hydrogen) atoms. The van der Waals surface area contributed by atoms with E-state index < -0.39 is 0 Å². The van der Waals surface area contributed by atoms with Crippen LogP contribution in [0, 0.1) is 6.92 Å². The first-order valence-electron chi connectivity index (χ1n) is 8.31. The van der Waals surface area contributed by atoms with Crippen molar-refractivity contribution in [1.82, 2.24) is 14.6 Å². The Bertz CT molecular complexity index is 1250. The molecule has 3 aromatic heterocycles. The van der Waals surface area contributed by atoms with E-state index in [9.17, 15) is 4.79 Å². The summed E-state index contributed by atoms with van der Waals surface area (Å²) in [5, 5.41) is 10.4. The summed E-state index contributed by atoms with van der Waals surface area (Å²) in [7, 11) is 4.62. The van der Waals surface area contributed by atoms with Gasteiger partial charge in [0, 0.05) is 10.4 Å². The van der Waals surface area contributed by atoms with Gasteiger partial charge in [-0.25, -0.2) is 4.40 Å². The van der Waals surface area contributed by atoms with Crippen LogP contribution in [0.1, 0.15) is 10.4 Å². The van der Waals surface area contributed by atoms with E-state index in [-0.39, 0.29) is 5.56 Å². The number of methoxy groups -OCH3 is 3. The summed E-state index contributed by atoms with van der Waals surface area (Å²) >= 11 is 2.91. The van der Waals surface area contributed by atoms with E-state index in [0.29, 0.717) is 38.1 Å². The molecule has 0 aliphatic carbocycles. The number of benzene rings is 1. The molecule has 4 rings (SSSR count). The Morgan fingerprint density at radius 2 is 1.79 bits per heavy atom. The highest BCUT2D eigenvalue weighted by Crippen LogP contribution is 2.40. The molecule has 9 heteroatoms. The molecule has 3 heterocycles. The Morgan fingerprint density at radius 3 is 2.36 bits per heavy atom. The van der Waals surface area contributed by atoms with Gasteiger partial charge in [0.05, 0.1) is 25.9 Å². The second-order valence-electron chi connectivity index (χ2n) is 5.94. The predicted molar refractivity (Wildman–Crippen MR) is 110 cm³/mol. The van der Waals surface area contributed by atoms with Crippen LogP contribution >= 0.6 is 22.7 Å². The van der Waals surface area contributed by atoms with Gasteiger partial charge in [0.1, 0.15) is 0 Å². The zero-order valence-electron chi connectivity index (χ0n) is 15.7. The minimum Gasteiger partial charge on any atom is -0.493 e. The van der Waals surface area contributed by atoms with Crippen LogP contribution in [0.25, 0.3) is 22.4 Å². The Balaban J connectivity index is 1.93. The first-order chi connectivity index (χ1) is 13.6. The van der Waals surface area contributed by atoms with Crippen LogP contribution < -0.4 is 24.3 Å². The van der Waals surface area contributed by atoms with Gasteiger partial charge in [0.2, 0.25) is 10.7 Å². The minimum atomic E-state index is -0.151. The lowest BCUT2D eigenvalue weighted by atomic mass is 10.1. The Morgan fingerprint density at radius 1 is 1.07 bits per heavy atom. The smallest absolute Gasteiger partial charge is 0.276 e. The third-order valence-electron chi connectivity index (χ3n) is 4.34. The number of thiophene rings is 1. The molecule has 144 valence electrons. The van der Waals surface area contributed by atoms with Gasteiger partial charge < -0.3 is 14.2 Å². The van der Waals surface area contributed by atoms with Crippen molar-refractivity contribution in [2.24, 2.45) is 0 Å². The number of rotatable bonds is 5. The summed E-state index contributed by atoms with van der Waals surface area (Å²) < 4.78 is 18.3. The normalized spacial score (nSPS) is 11.9. The van der Waals surface area contributed by atoms with Crippen molar-refractivity contribution in [2.75, 3.05) is 21.3 Å². The fraction of sp³-hybridized carbons (Fsp3) is 0.211. The number of thiazole rings is 1. The van der Waals surface area contributed by atoms with Crippen LogP contribution in [0.3, 0.4) is 0 Å². The SMILES string of the molecule is COc1cc(-c2nnc3sc(=Cc4sccc4C)c(=O)n23)cc(OC)c1OC. The Hall–Kier alpha value is -2.91. The number of aryl methyl sites for hydroxylation is 1. The lowest BCUT2D eigenvalue weighted by Crippen LogP contribution is -2.23. The molecule has 0 aliphatic rings. The maximum atomic E-state index is 13.0. The van der Waals surface area contributed by atoms with Gasteiger partial charge in [0.25, 0.3) is 5.56 Å². The number of ether oxygens (including phenoxy) is 3. The van der Waals surface area contributed by atoms with Crippen LogP contribution in [0.2, 0.25) is 0 Å². The van der Waals surface area contributed by atoms with E-state index in [0.717, 1.165) is 10.4 Å². The minimum absolute atomic E-state index is 0.151. The van der Waals surface area contributed by atoms with E-state index in [2.05, 4.69) is 10.2 Å². The molecule has 0 amide bonds. The van der Waals surface area contributed by atoms with Gasteiger partial charge in [-0.2, -0.15) is 0 Å². The summed E-state index contributed by atoms with van der Waals surface area (Å²) in [6, 6.07) is 5.53. The van der Waals surface area contributed by atoms with Gasteiger partial charge >= 0.3 is 0 Å². The monoisotopic (exact) mass is 415 g/mol. The molecule has 0 bridgehead atoms. The fourth-order valence-electron chi connectivity index (χ4n) is 2.91. The summed E-state index contributed by atoms with van der Waals surface area (Å²) in [4.78, 5) is 14.6. The topological polar surface area (TPSA) is 75.0 Å². The summed E-state index contributed by atoms with van der Waals surface area (Å²) in [6.45, 7) is 2.02. The third-order valence-corrected chi connectivity index (χ3v) is 6.26. The van der Waals surface area contributed by atoms with E-state index in [1.807, 2.05) is 24.4 Å². The Kier molecular flexibility index (Phi) is 4.78. The molecule has 0 saturated heterocycles. The van der Waals surface area contributed by atoms with Crippen molar-refractivity contribution in [3.8, 4) is 28.6 Å². The van der Waals surface area contributed by atoms with Crippen LogP contribution in [-0.2, 0) is 0 Å². The fourth-order valence-corrected chi connectivity index (χ4v) is 4.74. The van der Waals surface area contributed by atoms with Crippen molar-refractivity contribution < 1.29 is 14.2 Å². The molecule has 0 N–H and O–H groups in total. The Labute approximate surface area is 168 Å². The van der Waals surface area contributed by atoms with Crippen LogP contribution in [-0.4, -0.2) is 35.9 Å². The van der Waals surface area contributed by atoms with E-state index >= 15 is 0 Å². The molecule has 1 aromatic carbocycles. The molecule has 0 saturated carbocycles. The standard InChI is InChI=1S/C19H17N3O4S2/c1-10-5-6-27-14(10)9-15-18(23)22-17(20-21-19(22)28-15)11-7-12(24-2)16(26-4)13(8-11)25-3/h5-9H,1-4H3. The quantitative estimate of drug-likeness (QED) is 0.499. The molecule has 4 aromatic rings. The van der Waals surface area contributed by atoms with Gasteiger partial charge in [-0.05, 0) is 42.1 Å². The van der Waals surface area contributed by atoms with Crippen LogP contribution in [0.5, 0.6) is 17.2 Å². The number of hydrogen-bond donors (Lipinski definition) is 0. The van der Waals surface area contributed by atoms with Crippen molar-refractivity contribution in [3.05, 3.63) is 48.9 Å². The van der Waals surface area contributed by atoms with E-state index in [4.69, 9.17) is 14.2 Å². The lowest BCUT2D eigenvalue weighted by Gasteiger charge is -2.13. The zero-order valence-corrected chi connectivity index (χ0v) is 17.3. The summed E-state index contributed by atoms with van der Waals surface area (Å²) in [6.07, 6.45) is 1.90. The highest BCUT2D eigenvalue weighted by molar-refractivity contribution is 7.15. The molecule has 0 unspecified atom stereocenters. The summed E-state index contributed by atoms with van der Waals surface area (Å²) in [5.41, 5.74) is 1.63. The average Bonchev–Trinajstić information content (AvgIpc) is 3.39. The lowest BCUT2D eigenvalue weighted by molar-refractivity contribution is 0.324. The van der Waals surface area contributed by atoms with E-state index in [1.165, 1.54) is 15.7 Å². The molecular weight excluding hydrogens is 398 g/mol. The van der Waals surface area contributed by atoms with Crippen LogP contribution in [0.15, 0.2) is 28.4 Å². The molecule has 0 fully saturated rings. The van der Waals surface area contributed by atoms with Gasteiger partial charge in [-0.15, -0.1) is 21.5 Å². The van der Waals surface area contributed by atoms with Gasteiger partial charge in [-0.1, -0.05) is 11.3 Å². The largest absolute Gasteiger partial charge is 0.493 e. The zero-order chi connectivity index (χ0) is 19.8. The summed E-state index contributed by atoms with van der Waals surface area (Å²) in [5.74, 6) is 1.87. The predicted octanol–water partition coefficient (Wildman–Crippen LogP) is 2.76. The molecule has 0 radical (unpaired) electrons. The van der Waals surface area contributed by atoms with Crippen molar-refractivity contribution in [3.63, 3.8) is 0 Å². The number of aromatic nitrogens is 3. The number of fused-ring (bicyclic) bond motifs is 1. The number of nitrogens with zero attached hydrogens (tertiary/aromatic N) is 3. The molecule has 0 aliphatic heterocycles. The first kappa shape index (κ1) is 18.5. The second-order valence-corrected chi connectivity index (χ2v) is 7.90. The third kappa shape index (κ3) is 2.92.